The number of imidazole rings is 1. The zero-order valence-corrected chi connectivity index (χ0v) is 11.1. The molecule has 2 heterocycles. The van der Waals surface area contributed by atoms with Crippen LogP contribution in [-0.2, 0) is 5.75 Å². The number of aromatic nitrogens is 4. The molecule has 0 radical (unpaired) electrons. The smallest absolute Gasteiger partial charge is 0.339 e. The Morgan fingerprint density at radius 3 is 3.00 bits per heavy atom. The number of aromatic amines is 1. The number of aromatic carboxylic acids is 1. The molecule has 0 aliphatic heterocycles. The number of rotatable bonds is 4. The molecule has 0 amide bonds. The van der Waals surface area contributed by atoms with Gasteiger partial charge in [0, 0.05) is 11.9 Å². The van der Waals surface area contributed by atoms with E-state index in [2.05, 4.69) is 19.9 Å². The second-order valence-electron chi connectivity index (χ2n) is 4.04. The number of carboxylic acid groups (broad SMARTS) is 1. The Balaban J connectivity index is 1.81. The van der Waals surface area contributed by atoms with E-state index in [1.807, 2.05) is 24.3 Å². The van der Waals surface area contributed by atoms with Gasteiger partial charge in [0.1, 0.15) is 11.9 Å². The molecule has 2 N–H and O–H groups in total. The fourth-order valence-corrected chi connectivity index (χ4v) is 2.63. The molecule has 100 valence electrons. The lowest BCUT2D eigenvalue weighted by Crippen LogP contribution is -2.04. The number of nitrogens with zero attached hydrogens (tertiary/aromatic N) is 3. The third-order valence-corrected chi connectivity index (χ3v) is 3.62. The Kier molecular flexibility index (Phi) is 3.34. The van der Waals surface area contributed by atoms with Crippen LogP contribution in [0.3, 0.4) is 0 Å². The van der Waals surface area contributed by atoms with E-state index in [4.69, 9.17) is 5.11 Å². The molecule has 0 fully saturated rings. The number of carboxylic acids is 1. The minimum atomic E-state index is -1.02. The summed E-state index contributed by atoms with van der Waals surface area (Å²) in [5.74, 6) is -0.602. The van der Waals surface area contributed by atoms with Crippen molar-refractivity contribution in [1.29, 1.82) is 0 Å². The highest BCUT2D eigenvalue weighted by Gasteiger charge is 2.12. The van der Waals surface area contributed by atoms with Gasteiger partial charge in [0.05, 0.1) is 16.7 Å². The topological polar surface area (TPSA) is 91.8 Å². The zero-order valence-electron chi connectivity index (χ0n) is 10.3. The molecule has 0 aliphatic carbocycles. The van der Waals surface area contributed by atoms with Gasteiger partial charge in [-0.2, -0.15) is 0 Å². The largest absolute Gasteiger partial charge is 0.478 e. The fourth-order valence-electron chi connectivity index (χ4n) is 1.78. The van der Waals surface area contributed by atoms with E-state index in [-0.39, 0.29) is 5.56 Å². The molecule has 0 saturated carbocycles. The van der Waals surface area contributed by atoms with Crippen LogP contribution in [0.2, 0.25) is 0 Å². The predicted molar refractivity (Wildman–Crippen MR) is 74.6 cm³/mol. The minimum Gasteiger partial charge on any atom is -0.478 e. The summed E-state index contributed by atoms with van der Waals surface area (Å²) in [7, 11) is 0. The van der Waals surface area contributed by atoms with Gasteiger partial charge < -0.3 is 10.1 Å². The first kappa shape index (κ1) is 12.6. The van der Waals surface area contributed by atoms with Gasteiger partial charge in [-0.3, -0.25) is 0 Å². The molecule has 0 aliphatic rings. The molecule has 1 aromatic carbocycles. The Hall–Kier alpha value is -2.41. The third-order valence-electron chi connectivity index (χ3n) is 2.74. The Bertz CT molecular complexity index is 739. The van der Waals surface area contributed by atoms with Crippen molar-refractivity contribution in [3.8, 4) is 0 Å². The maximum atomic E-state index is 11.1. The van der Waals surface area contributed by atoms with Crippen molar-refractivity contribution < 1.29 is 9.90 Å². The van der Waals surface area contributed by atoms with Crippen LogP contribution >= 0.6 is 11.8 Å². The average molecular weight is 286 g/mol. The van der Waals surface area contributed by atoms with Gasteiger partial charge in [0.2, 0.25) is 0 Å². The summed E-state index contributed by atoms with van der Waals surface area (Å²) in [4.78, 5) is 26.4. The van der Waals surface area contributed by atoms with Gasteiger partial charge in [0.25, 0.3) is 0 Å². The van der Waals surface area contributed by atoms with Crippen molar-refractivity contribution in [3.05, 3.63) is 48.0 Å². The van der Waals surface area contributed by atoms with Crippen molar-refractivity contribution in [1.82, 2.24) is 19.9 Å². The number of hydrogen-bond acceptors (Lipinski definition) is 5. The molecule has 3 rings (SSSR count). The summed E-state index contributed by atoms with van der Waals surface area (Å²) in [6.45, 7) is 0. The summed E-state index contributed by atoms with van der Waals surface area (Å²) >= 11 is 1.41. The zero-order chi connectivity index (χ0) is 13.9. The minimum absolute atomic E-state index is 0.121. The van der Waals surface area contributed by atoms with Crippen LogP contribution < -0.4 is 0 Å². The fraction of sp³-hybridized carbons (Fsp3) is 0.0769. The Morgan fingerprint density at radius 2 is 2.20 bits per heavy atom. The van der Waals surface area contributed by atoms with Gasteiger partial charge in [-0.15, -0.1) is 0 Å². The maximum absolute atomic E-state index is 11.1. The lowest BCUT2D eigenvalue weighted by molar-refractivity contribution is 0.0695. The molecule has 2 aromatic heterocycles. The van der Waals surface area contributed by atoms with Crippen LogP contribution in [0.25, 0.3) is 11.0 Å². The quantitative estimate of drug-likeness (QED) is 0.715. The molecule has 0 unspecified atom stereocenters. The number of nitrogens with one attached hydrogen (secondary N) is 1. The lowest BCUT2D eigenvalue weighted by atomic mass is 10.2. The second-order valence-corrected chi connectivity index (χ2v) is 5.00. The number of benzene rings is 1. The van der Waals surface area contributed by atoms with Crippen LogP contribution in [0, 0.1) is 0 Å². The molecule has 7 heteroatoms. The molecular formula is C13H10N4O2S. The van der Waals surface area contributed by atoms with Crippen LogP contribution in [-0.4, -0.2) is 31.0 Å². The molecule has 0 saturated heterocycles. The highest BCUT2D eigenvalue weighted by molar-refractivity contribution is 7.98. The van der Waals surface area contributed by atoms with Gasteiger partial charge in [0.15, 0.2) is 5.16 Å². The third kappa shape index (κ3) is 2.48. The Morgan fingerprint density at radius 1 is 1.35 bits per heavy atom. The molecule has 20 heavy (non-hydrogen) atoms. The van der Waals surface area contributed by atoms with Crippen molar-refractivity contribution in [2.24, 2.45) is 0 Å². The van der Waals surface area contributed by atoms with Crippen molar-refractivity contribution in [3.63, 3.8) is 0 Å². The monoisotopic (exact) mass is 286 g/mol. The van der Waals surface area contributed by atoms with Crippen LogP contribution in [0.4, 0.5) is 0 Å². The summed E-state index contributed by atoms with van der Waals surface area (Å²) in [5, 5.41) is 9.80. The number of thioether (sulfide) groups is 1. The van der Waals surface area contributed by atoms with Gasteiger partial charge in [-0.1, -0.05) is 23.9 Å². The average Bonchev–Trinajstić information content (AvgIpc) is 2.88. The normalized spacial score (nSPS) is 10.8. The van der Waals surface area contributed by atoms with E-state index in [1.54, 1.807) is 0 Å². The van der Waals surface area contributed by atoms with E-state index in [1.165, 1.54) is 24.3 Å². The van der Waals surface area contributed by atoms with Gasteiger partial charge in [-0.25, -0.2) is 19.7 Å². The SMILES string of the molecule is O=C(O)c1cncnc1CSc1nc2ccccc2[nH]1. The van der Waals surface area contributed by atoms with Crippen LogP contribution in [0.1, 0.15) is 16.1 Å². The first-order valence-corrected chi connectivity index (χ1v) is 6.82. The number of para-hydroxylation sites is 2. The Labute approximate surface area is 118 Å². The number of hydrogen-bond donors (Lipinski definition) is 2. The number of carbonyl (C=O) groups is 1. The molecular weight excluding hydrogens is 276 g/mol. The first-order valence-electron chi connectivity index (χ1n) is 5.84. The van der Waals surface area contributed by atoms with Crippen molar-refractivity contribution >= 4 is 28.8 Å². The molecule has 0 bridgehead atoms. The summed E-state index contributed by atoms with van der Waals surface area (Å²) in [6, 6.07) is 7.72. The maximum Gasteiger partial charge on any atom is 0.339 e. The van der Waals surface area contributed by atoms with Crippen molar-refractivity contribution in [2.75, 3.05) is 0 Å². The summed E-state index contributed by atoms with van der Waals surface area (Å²) < 4.78 is 0. The standard InChI is InChI=1S/C13H10N4O2S/c18-12(19)8-5-14-7-15-11(8)6-20-13-16-9-3-1-2-4-10(9)17-13/h1-5,7H,6H2,(H,16,17)(H,18,19). The molecule has 0 spiro atoms. The summed E-state index contributed by atoms with van der Waals surface area (Å²) in [5.41, 5.74) is 2.45. The van der Waals surface area contributed by atoms with Gasteiger partial charge >= 0.3 is 5.97 Å². The molecule has 0 atom stereocenters. The predicted octanol–water partition coefficient (Wildman–Crippen LogP) is 2.34. The van der Waals surface area contributed by atoms with Gasteiger partial charge in [-0.05, 0) is 12.1 Å². The van der Waals surface area contributed by atoms with Crippen LogP contribution in [0.15, 0.2) is 41.9 Å². The van der Waals surface area contributed by atoms with E-state index < -0.39 is 5.97 Å². The number of fused-ring (bicyclic) bond motifs is 1. The van der Waals surface area contributed by atoms with Crippen molar-refractivity contribution in [2.45, 2.75) is 10.9 Å². The van der Waals surface area contributed by atoms with E-state index in [9.17, 15) is 4.79 Å². The van der Waals surface area contributed by atoms with Crippen LogP contribution in [0.5, 0.6) is 0 Å². The lowest BCUT2D eigenvalue weighted by Gasteiger charge is -2.01. The highest BCUT2D eigenvalue weighted by atomic mass is 32.2. The molecule has 6 nitrogen and oxygen atoms in total. The molecule has 3 aromatic rings. The van der Waals surface area contributed by atoms with E-state index in [0.717, 1.165) is 16.2 Å². The van der Waals surface area contributed by atoms with E-state index in [0.29, 0.717) is 11.4 Å². The first-order chi connectivity index (χ1) is 9.74. The van der Waals surface area contributed by atoms with E-state index >= 15 is 0 Å². The second kappa shape index (κ2) is 5.30. The summed E-state index contributed by atoms with van der Waals surface area (Å²) in [6.07, 6.45) is 2.66. The highest BCUT2D eigenvalue weighted by Crippen LogP contribution is 2.23. The number of H-pyrrole nitrogens is 1.